The van der Waals surface area contributed by atoms with Crippen molar-refractivity contribution in [3.63, 3.8) is 0 Å². The van der Waals surface area contributed by atoms with Crippen LogP contribution in [0.3, 0.4) is 0 Å². The molecule has 0 aromatic heterocycles. The topological polar surface area (TPSA) is 50.7 Å². The van der Waals surface area contributed by atoms with E-state index >= 15 is 0 Å². The van der Waals surface area contributed by atoms with Crippen LogP contribution in [-0.4, -0.2) is 12.1 Å². The van der Waals surface area contributed by atoms with Crippen LogP contribution in [0.4, 0.5) is 0 Å². The van der Waals surface area contributed by atoms with Gasteiger partial charge in [-0.15, -0.1) is 0 Å². The molecule has 0 unspecified atom stereocenters. The van der Waals surface area contributed by atoms with Gasteiger partial charge in [0.25, 0.3) is 5.91 Å². The summed E-state index contributed by atoms with van der Waals surface area (Å²) in [5.41, 5.74) is 5.85. The molecule has 0 heterocycles. The Labute approximate surface area is 173 Å². The van der Waals surface area contributed by atoms with Gasteiger partial charge in [-0.25, -0.2) is 5.43 Å². The van der Waals surface area contributed by atoms with E-state index in [0.29, 0.717) is 33.5 Å². The predicted octanol–water partition coefficient (Wildman–Crippen LogP) is 5.64. The average molecular weight is 413 g/mol. The molecule has 0 aliphatic rings. The molecule has 0 aliphatic carbocycles. The summed E-state index contributed by atoms with van der Waals surface area (Å²) in [7, 11) is 0. The molecule has 3 rings (SSSR count). The number of nitrogens with zero attached hydrogens (tertiary/aromatic N) is 1. The van der Waals surface area contributed by atoms with Crippen molar-refractivity contribution in [2.75, 3.05) is 0 Å². The molecule has 0 saturated carbocycles. The number of nitrogens with one attached hydrogen (secondary N) is 1. The molecule has 0 fully saturated rings. The zero-order valence-corrected chi connectivity index (χ0v) is 16.7. The summed E-state index contributed by atoms with van der Waals surface area (Å²) in [4.78, 5) is 12.2. The van der Waals surface area contributed by atoms with Crippen molar-refractivity contribution < 1.29 is 9.53 Å². The van der Waals surface area contributed by atoms with Gasteiger partial charge in [0, 0.05) is 11.1 Å². The second-order valence-electron chi connectivity index (χ2n) is 6.14. The third-order valence-electron chi connectivity index (χ3n) is 3.99. The number of ether oxygens (including phenoxy) is 1. The van der Waals surface area contributed by atoms with Crippen molar-refractivity contribution in [2.45, 2.75) is 13.5 Å². The third-order valence-corrected chi connectivity index (χ3v) is 4.83. The summed E-state index contributed by atoms with van der Waals surface area (Å²) in [6, 6.07) is 20.2. The molecule has 4 nitrogen and oxygen atoms in total. The summed E-state index contributed by atoms with van der Waals surface area (Å²) in [6.07, 6.45) is 1.45. The summed E-state index contributed by atoms with van der Waals surface area (Å²) in [6.45, 7) is 2.51. The van der Waals surface area contributed by atoms with Gasteiger partial charge < -0.3 is 4.74 Å². The van der Waals surface area contributed by atoms with E-state index in [-0.39, 0.29) is 5.91 Å². The molecule has 142 valence electrons. The van der Waals surface area contributed by atoms with E-state index in [1.54, 1.807) is 42.5 Å². The van der Waals surface area contributed by atoms with Gasteiger partial charge in [-0.2, -0.15) is 5.10 Å². The summed E-state index contributed by atoms with van der Waals surface area (Å²) in [5.74, 6) is 0.353. The zero-order chi connectivity index (χ0) is 19.9. The minimum Gasteiger partial charge on any atom is -0.489 e. The third kappa shape index (κ3) is 5.35. The standard InChI is InChI=1S/C22H18Cl2N2O2/c1-15-5-7-16(8-6-15)14-28-19-11-9-17(10-12-19)22(27)26-25-13-18-3-2-4-20(23)21(18)24/h2-13H,14H2,1H3,(H,26,27). The predicted molar refractivity (Wildman–Crippen MR) is 113 cm³/mol. The van der Waals surface area contributed by atoms with E-state index in [0.717, 1.165) is 5.56 Å². The molecule has 6 heteroatoms. The van der Waals surface area contributed by atoms with E-state index in [2.05, 4.69) is 10.5 Å². The molecule has 28 heavy (non-hydrogen) atoms. The average Bonchev–Trinajstić information content (AvgIpc) is 2.71. The number of carbonyl (C=O) groups is 1. The minimum absolute atomic E-state index is 0.334. The van der Waals surface area contributed by atoms with Crippen LogP contribution in [0, 0.1) is 6.92 Å². The molecule has 0 bridgehead atoms. The first-order chi connectivity index (χ1) is 13.5. The maximum Gasteiger partial charge on any atom is 0.271 e. The van der Waals surface area contributed by atoms with E-state index in [1.165, 1.54) is 11.8 Å². The largest absolute Gasteiger partial charge is 0.489 e. The van der Waals surface area contributed by atoms with Gasteiger partial charge >= 0.3 is 0 Å². The molecule has 0 spiro atoms. The normalized spacial score (nSPS) is 10.8. The molecule has 0 aliphatic heterocycles. The molecule has 0 saturated heterocycles. The first-order valence-electron chi connectivity index (χ1n) is 8.59. The van der Waals surface area contributed by atoms with Crippen molar-refractivity contribution >= 4 is 35.3 Å². The molecule has 1 amide bonds. The van der Waals surface area contributed by atoms with Crippen LogP contribution in [0.15, 0.2) is 71.8 Å². The Balaban J connectivity index is 1.55. The van der Waals surface area contributed by atoms with Crippen LogP contribution in [0.1, 0.15) is 27.0 Å². The highest BCUT2D eigenvalue weighted by molar-refractivity contribution is 6.43. The van der Waals surface area contributed by atoms with Gasteiger partial charge in [-0.1, -0.05) is 65.2 Å². The van der Waals surface area contributed by atoms with Crippen LogP contribution >= 0.6 is 23.2 Å². The number of aryl methyl sites for hydroxylation is 1. The molecule has 1 N–H and O–H groups in total. The second-order valence-corrected chi connectivity index (χ2v) is 6.93. The molecular formula is C22H18Cl2N2O2. The van der Waals surface area contributed by atoms with Crippen LogP contribution in [0.5, 0.6) is 5.75 Å². The Morgan fingerprint density at radius 3 is 2.46 bits per heavy atom. The molecule has 0 radical (unpaired) electrons. The zero-order valence-electron chi connectivity index (χ0n) is 15.2. The Morgan fingerprint density at radius 1 is 1.04 bits per heavy atom. The monoisotopic (exact) mass is 412 g/mol. The van der Waals surface area contributed by atoms with Crippen LogP contribution < -0.4 is 10.2 Å². The van der Waals surface area contributed by atoms with Crippen molar-refractivity contribution in [1.29, 1.82) is 0 Å². The number of hydrogen-bond acceptors (Lipinski definition) is 3. The maximum absolute atomic E-state index is 12.2. The lowest BCUT2D eigenvalue weighted by Gasteiger charge is -2.07. The maximum atomic E-state index is 12.2. The van der Waals surface area contributed by atoms with Crippen LogP contribution in [0.25, 0.3) is 0 Å². The number of rotatable bonds is 6. The fourth-order valence-corrected chi connectivity index (χ4v) is 2.76. The number of amides is 1. The van der Waals surface area contributed by atoms with Crippen LogP contribution in [0.2, 0.25) is 10.0 Å². The van der Waals surface area contributed by atoms with E-state index in [1.807, 2.05) is 31.2 Å². The highest BCUT2D eigenvalue weighted by atomic mass is 35.5. The number of halogens is 2. The highest BCUT2D eigenvalue weighted by Gasteiger charge is 2.06. The van der Waals surface area contributed by atoms with Gasteiger partial charge in [0.15, 0.2) is 0 Å². The van der Waals surface area contributed by atoms with E-state index < -0.39 is 0 Å². The molecule has 3 aromatic carbocycles. The molecule has 3 aromatic rings. The second kappa shape index (κ2) is 9.40. The summed E-state index contributed by atoms with van der Waals surface area (Å²) in [5, 5.41) is 4.74. The first-order valence-corrected chi connectivity index (χ1v) is 9.34. The summed E-state index contributed by atoms with van der Waals surface area (Å²) < 4.78 is 5.74. The number of hydrogen-bond donors (Lipinski definition) is 1. The summed E-state index contributed by atoms with van der Waals surface area (Å²) >= 11 is 12.0. The Kier molecular flexibility index (Phi) is 6.69. The first kappa shape index (κ1) is 19.9. The smallest absolute Gasteiger partial charge is 0.271 e. The van der Waals surface area contributed by atoms with Gasteiger partial charge in [0.1, 0.15) is 12.4 Å². The molecular weight excluding hydrogens is 395 g/mol. The Bertz CT molecular complexity index is 984. The van der Waals surface area contributed by atoms with E-state index in [9.17, 15) is 4.79 Å². The van der Waals surface area contributed by atoms with Crippen molar-refractivity contribution in [3.8, 4) is 5.75 Å². The SMILES string of the molecule is Cc1ccc(COc2ccc(C(=O)NN=Cc3cccc(Cl)c3Cl)cc2)cc1. The lowest BCUT2D eigenvalue weighted by atomic mass is 10.2. The fourth-order valence-electron chi connectivity index (χ4n) is 2.40. The van der Waals surface area contributed by atoms with Crippen molar-refractivity contribution in [1.82, 2.24) is 5.43 Å². The van der Waals surface area contributed by atoms with Gasteiger partial charge in [0.2, 0.25) is 0 Å². The lowest BCUT2D eigenvalue weighted by molar-refractivity contribution is 0.0955. The Morgan fingerprint density at radius 2 is 1.75 bits per heavy atom. The van der Waals surface area contributed by atoms with Crippen molar-refractivity contribution in [3.05, 3.63) is 99.0 Å². The van der Waals surface area contributed by atoms with Gasteiger partial charge in [-0.05, 0) is 42.8 Å². The Hall–Kier alpha value is -2.82. The molecule has 0 atom stereocenters. The van der Waals surface area contributed by atoms with Crippen LogP contribution in [-0.2, 0) is 6.61 Å². The van der Waals surface area contributed by atoms with Crippen molar-refractivity contribution in [2.24, 2.45) is 5.10 Å². The quantitative estimate of drug-likeness (QED) is 0.420. The van der Waals surface area contributed by atoms with E-state index in [4.69, 9.17) is 27.9 Å². The fraction of sp³-hybridized carbons (Fsp3) is 0.0909. The number of carbonyl (C=O) groups excluding carboxylic acids is 1. The number of hydrazone groups is 1. The van der Waals surface area contributed by atoms with Gasteiger partial charge in [-0.3, -0.25) is 4.79 Å². The minimum atomic E-state index is -0.334. The van der Waals surface area contributed by atoms with Gasteiger partial charge in [0.05, 0.1) is 16.3 Å². The number of benzene rings is 3. The lowest BCUT2D eigenvalue weighted by Crippen LogP contribution is -2.17. The highest BCUT2D eigenvalue weighted by Crippen LogP contribution is 2.24.